The first-order valence-corrected chi connectivity index (χ1v) is 11.3. The maximum absolute atomic E-state index is 12.7. The molecule has 30 heavy (non-hydrogen) atoms. The van der Waals surface area contributed by atoms with Gasteiger partial charge in [-0.15, -0.1) is 0 Å². The zero-order chi connectivity index (χ0) is 21.3. The first-order chi connectivity index (χ1) is 14.6. The van der Waals surface area contributed by atoms with Crippen molar-refractivity contribution >= 4 is 27.5 Å². The summed E-state index contributed by atoms with van der Waals surface area (Å²) >= 11 is 1.10. The fourth-order valence-corrected chi connectivity index (χ4v) is 4.33. The molecule has 160 valence electrons. The average Bonchev–Trinajstić information content (AvgIpc) is 3.15. The number of phenolic OH excluding ortho intramolecular Hbond substituents is 1. The number of benzene rings is 2. The Morgan fingerprint density at radius 2 is 1.93 bits per heavy atom. The molecular weight excluding hydrogens is 398 g/mol. The number of amides is 1. The highest BCUT2D eigenvalue weighted by Gasteiger charge is 2.14. The minimum absolute atomic E-state index is 0.0793. The van der Waals surface area contributed by atoms with Gasteiger partial charge in [0.25, 0.3) is 0 Å². The van der Waals surface area contributed by atoms with Gasteiger partial charge in [0, 0.05) is 19.5 Å². The molecule has 0 aliphatic heterocycles. The van der Waals surface area contributed by atoms with E-state index in [0.29, 0.717) is 31.4 Å². The minimum Gasteiger partial charge on any atom is -0.506 e. The van der Waals surface area contributed by atoms with Crippen LogP contribution in [0.4, 0.5) is 0 Å². The van der Waals surface area contributed by atoms with Crippen LogP contribution in [0.15, 0.2) is 47.3 Å². The number of rotatable bonds is 11. The number of fused-ring (bicyclic) bond motifs is 1. The van der Waals surface area contributed by atoms with Crippen molar-refractivity contribution in [2.45, 2.75) is 45.4 Å². The summed E-state index contributed by atoms with van der Waals surface area (Å²) in [5.74, 6) is 0.192. The highest BCUT2D eigenvalue weighted by Crippen LogP contribution is 2.27. The molecule has 7 heteroatoms. The molecule has 0 aliphatic rings. The lowest BCUT2D eigenvalue weighted by atomic mass is 10.1. The van der Waals surface area contributed by atoms with E-state index in [0.717, 1.165) is 47.3 Å². The standard InChI is InChI=1S/C23H29N3O3S/c1-2-3-5-10-20(28)26(16-14-17-8-6-4-7-9-17)24-15-13-18-11-12-19(27)21-22(18)30-23(29)25-21/h4,6-9,11-12,24,27H,2-3,5,10,13-16H2,1H3,(H,25,29). The molecule has 0 saturated heterocycles. The van der Waals surface area contributed by atoms with Gasteiger partial charge in [-0.3, -0.25) is 14.6 Å². The Morgan fingerprint density at radius 1 is 1.13 bits per heavy atom. The molecule has 1 aromatic heterocycles. The Hall–Kier alpha value is -2.64. The number of nitrogens with one attached hydrogen (secondary N) is 2. The van der Waals surface area contributed by atoms with Crippen molar-refractivity contribution in [2.75, 3.05) is 13.1 Å². The molecule has 3 aromatic rings. The molecule has 3 N–H and O–H groups in total. The Morgan fingerprint density at radius 3 is 2.70 bits per heavy atom. The number of nitrogens with zero attached hydrogens (tertiary/aromatic N) is 1. The molecule has 6 nitrogen and oxygen atoms in total. The SMILES string of the molecule is CCCCCC(=O)N(CCc1ccccc1)NCCc1ccc(O)c2[nH]c(=O)sc12. The van der Waals surface area contributed by atoms with Crippen molar-refractivity contribution < 1.29 is 9.90 Å². The number of aromatic hydroxyl groups is 1. The van der Waals surface area contributed by atoms with Gasteiger partial charge >= 0.3 is 4.87 Å². The van der Waals surface area contributed by atoms with Crippen LogP contribution in [0.25, 0.3) is 10.2 Å². The van der Waals surface area contributed by atoms with Crippen LogP contribution >= 0.6 is 11.3 Å². The molecule has 0 unspecified atom stereocenters. The zero-order valence-electron chi connectivity index (χ0n) is 17.3. The lowest BCUT2D eigenvalue weighted by Crippen LogP contribution is -2.44. The lowest BCUT2D eigenvalue weighted by molar-refractivity contribution is -0.134. The van der Waals surface area contributed by atoms with Crippen LogP contribution < -0.4 is 10.3 Å². The van der Waals surface area contributed by atoms with Gasteiger partial charge in [-0.25, -0.2) is 5.43 Å². The lowest BCUT2D eigenvalue weighted by Gasteiger charge is -2.24. The van der Waals surface area contributed by atoms with Crippen LogP contribution in [0.3, 0.4) is 0 Å². The smallest absolute Gasteiger partial charge is 0.305 e. The molecule has 2 aromatic carbocycles. The van der Waals surface area contributed by atoms with E-state index in [4.69, 9.17) is 0 Å². The number of unbranched alkanes of at least 4 members (excludes halogenated alkanes) is 2. The largest absolute Gasteiger partial charge is 0.506 e. The van der Waals surface area contributed by atoms with Gasteiger partial charge in [-0.1, -0.05) is 67.5 Å². The molecule has 0 bridgehead atoms. The fraction of sp³-hybridized carbons (Fsp3) is 0.391. The first kappa shape index (κ1) is 22.1. The Labute approximate surface area is 180 Å². The molecule has 3 rings (SSSR count). The molecule has 1 heterocycles. The number of hydrogen-bond donors (Lipinski definition) is 3. The zero-order valence-corrected chi connectivity index (χ0v) is 18.1. The van der Waals surface area contributed by atoms with Gasteiger partial charge in [-0.05, 0) is 36.5 Å². The third-order valence-corrected chi connectivity index (χ3v) is 6.06. The van der Waals surface area contributed by atoms with E-state index < -0.39 is 0 Å². The maximum atomic E-state index is 12.7. The number of hydrogen-bond acceptors (Lipinski definition) is 5. The molecular formula is C23H29N3O3S. The van der Waals surface area contributed by atoms with E-state index in [1.54, 1.807) is 11.1 Å². The molecule has 0 spiro atoms. The Bertz CT molecular complexity index is 1010. The highest BCUT2D eigenvalue weighted by atomic mass is 32.1. The monoisotopic (exact) mass is 427 g/mol. The number of H-pyrrole nitrogens is 1. The summed E-state index contributed by atoms with van der Waals surface area (Å²) in [6.07, 6.45) is 5.01. The minimum atomic E-state index is -0.184. The number of carbonyl (C=O) groups is 1. The normalized spacial score (nSPS) is 11.1. The third-order valence-electron chi connectivity index (χ3n) is 5.10. The molecule has 0 atom stereocenters. The van der Waals surface area contributed by atoms with Gasteiger partial charge in [-0.2, -0.15) is 0 Å². The predicted molar refractivity (Wildman–Crippen MR) is 122 cm³/mol. The highest BCUT2D eigenvalue weighted by molar-refractivity contribution is 7.16. The number of carbonyl (C=O) groups excluding carboxylic acids is 1. The van der Waals surface area contributed by atoms with Crippen LogP contribution in [0, 0.1) is 0 Å². The maximum Gasteiger partial charge on any atom is 0.305 e. The number of phenols is 1. The van der Waals surface area contributed by atoms with Crippen molar-refractivity contribution in [3.05, 3.63) is 63.3 Å². The van der Waals surface area contributed by atoms with E-state index in [-0.39, 0.29) is 16.5 Å². The summed E-state index contributed by atoms with van der Waals surface area (Å²) in [5, 5.41) is 11.7. The number of aromatic nitrogens is 1. The van der Waals surface area contributed by atoms with E-state index >= 15 is 0 Å². The van der Waals surface area contributed by atoms with Gasteiger partial charge < -0.3 is 10.1 Å². The summed E-state index contributed by atoms with van der Waals surface area (Å²) in [7, 11) is 0. The summed E-state index contributed by atoms with van der Waals surface area (Å²) in [6, 6.07) is 13.6. The first-order valence-electron chi connectivity index (χ1n) is 10.5. The van der Waals surface area contributed by atoms with Crippen molar-refractivity contribution in [1.82, 2.24) is 15.4 Å². The molecule has 0 aliphatic carbocycles. The van der Waals surface area contributed by atoms with Gasteiger partial charge in [0.1, 0.15) is 11.3 Å². The second kappa shape index (κ2) is 10.9. The molecule has 0 fully saturated rings. The number of aromatic amines is 1. The van der Waals surface area contributed by atoms with Gasteiger partial charge in [0.05, 0.1) is 4.70 Å². The van der Waals surface area contributed by atoms with Crippen LogP contribution in [0.1, 0.15) is 43.7 Å². The Balaban J connectivity index is 1.63. The van der Waals surface area contributed by atoms with Crippen molar-refractivity contribution in [3.8, 4) is 5.75 Å². The summed E-state index contributed by atoms with van der Waals surface area (Å²) in [6.45, 7) is 3.31. The molecule has 1 amide bonds. The van der Waals surface area contributed by atoms with Crippen molar-refractivity contribution in [2.24, 2.45) is 0 Å². The summed E-state index contributed by atoms with van der Waals surface area (Å²) < 4.78 is 0.770. The average molecular weight is 428 g/mol. The van der Waals surface area contributed by atoms with E-state index in [1.807, 2.05) is 24.3 Å². The van der Waals surface area contributed by atoms with Gasteiger partial charge in [0.15, 0.2) is 0 Å². The van der Waals surface area contributed by atoms with E-state index in [2.05, 4.69) is 29.5 Å². The van der Waals surface area contributed by atoms with Gasteiger partial charge in [0.2, 0.25) is 5.91 Å². The van der Waals surface area contributed by atoms with Crippen molar-refractivity contribution in [1.29, 1.82) is 0 Å². The third kappa shape index (κ3) is 5.93. The molecule has 0 saturated carbocycles. The Kier molecular flexibility index (Phi) is 8.04. The van der Waals surface area contributed by atoms with Crippen molar-refractivity contribution in [3.63, 3.8) is 0 Å². The fourth-order valence-electron chi connectivity index (χ4n) is 3.43. The van der Waals surface area contributed by atoms with E-state index in [9.17, 15) is 14.7 Å². The van der Waals surface area contributed by atoms with Crippen LogP contribution in [-0.4, -0.2) is 34.1 Å². The number of thiazole rings is 1. The molecule has 0 radical (unpaired) electrons. The second-order valence-corrected chi connectivity index (χ2v) is 8.34. The second-order valence-electron chi connectivity index (χ2n) is 7.36. The van der Waals surface area contributed by atoms with Crippen LogP contribution in [-0.2, 0) is 17.6 Å². The summed E-state index contributed by atoms with van der Waals surface area (Å²) in [4.78, 5) is 26.9. The summed E-state index contributed by atoms with van der Waals surface area (Å²) in [5.41, 5.74) is 5.94. The quantitative estimate of drug-likeness (QED) is 0.319. The van der Waals surface area contributed by atoms with E-state index in [1.165, 1.54) is 5.56 Å². The van der Waals surface area contributed by atoms with Crippen LogP contribution in [0.5, 0.6) is 5.75 Å². The van der Waals surface area contributed by atoms with Crippen LogP contribution in [0.2, 0.25) is 0 Å². The number of hydrazine groups is 1. The topological polar surface area (TPSA) is 85.4 Å². The predicted octanol–water partition coefficient (Wildman–Crippen LogP) is 3.99.